The van der Waals surface area contributed by atoms with Crippen molar-refractivity contribution in [2.45, 2.75) is 54.1 Å². The van der Waals surface area contributed by atoms with Gasteiger partial charge in [-0.25, -0.2) is 5.57 Å². The van der Waals surface area contributed by atoms with E-state index in [9.17, 15) is 4.79 Å². The Labute approximate surface area is 158 Å². The van der Waals surface area contributed by atoms with Crippen molar-refractivity contribution in [1.82, 2.24) is 0 Å². The monoisotopic (exact) mass is 502 g/mol. The third-order valence-electron chi connectivity index (χ3n) is 2.56. The van der Waals surface area contributed by atoms with Gasteiger partial charge in [0, 0.05) is 15.4 Å². The summed E-state index contributed by atoms with van der Waals surface area (Å²) in [5.74, 6) is 0.0648. The predicted octanol–water partition coefficient (Wildman–Crippen LogP) is -1.78. The third kappa shape index (κ3) is 16.7. The number of amides is 1. The molecule has 1 N–H and O–H groups in total. The zero-order chi connectivity index (χ0) is 14.0. The summed E-state index contributed by atoms with van der Waals surface area (Å²) in [7, 11) is 0.750. The van der Waals surface area contributed by atoms with Crippen LogP contribution >= 0.6 is 0 Å². The van der Waals surface area contributed by atoms with Crippen LogP contribution in [0.2, 0.25) is 13.1 Å². The molecule has 6 heteroatoms. The number of halogens is 2. The number of allylic oxidation sites excluding steroid dienone is 4. The van der Waals surface area contributed by atoms with E-state index < -0.39 is 5.91 Å². The molecule has 2 nitrogen and oxygen atoms in total. The van der Waals surface area contributed by atoms with Crippen LogP contribution in [0.4, 0.5) is 0 Å². The second-order valence-electron chi connectivity index (χ2n) is 4.15. The maximum absolute atomic E-state index is 9.48. The van der Waals surface area contributed by atoms with Crippen LogP contribution in [0.3, 0.4) is 0 Å². The molecule has 0 heterocycles. The van der Waals surface area contributed by atoms with Gasteiger partial charge in [-0.3, -0.25) is 6.08 Å². The van der Waals surface area contributed by atoms with Gasteiger partial charge >= 0.3 is 25.8 Å². The molecule has 0 aliphatic heterocycles. The summed E-state index contributed by atoms with van der Waals surface area (Å²) in [4.78, 5) is 9.48. The first kappa shape index (κ1) is 32.5. The molecule has 20 heavy (non-hydrogen) atoms. The Morgan fingerprint density at radius 2 is 1.55 bits per heavy atom. The van der Waals surface area contributed by atoms with Gasteiger partial charge in [0.15, 0.2) is 0 Å². The van der Waals surface area contributed by atoms with Gasteiger partial charge in [0.05, 0.1) is 0 Å². The summed E-state index contributed by atoms with van der Waals surface area (Å²) in [6, 6.07) is 0. The Bertz CT molecular complexity index is 308. The van der Waals surface area contributed by atoms with Crippen LogP contribution in [0, 0.1) is 12.0 Å². The maximum atomic E-state index is 9.48. The van der Waals surface area contributed by atoms with Gasteiger partial charge < -0.3 is 35.3 Å². The van der Waals surface area contributed by atoms with E-state index in [1.807, 2.05) is 0 Å². The molecular weight excluding hydrogens is 476 g/mol. The topological polar surface area (TPSA) is 40.9 Å². The van der Waals surface area contributed by atoms with Crippen LogP contribution in [0.1, 0.15) is 41.0 Å². The van der Waals surface area contributed by atoms with Crippen LogP contribution in [-0.4, -0.2) is 15.4 Å². The number of rotatable bonds is 1. The normalized spacial score (nSPS) is 14.9. The summed E-state index contributed by atoms with van der Waals surface area (Å²) in [6.45, 7) is 14.7. The van der Waals surface area contributed by atoms with E-state index in [-0.39, 0.29) is 50.7 Å². The van der Waals surface area contributed by atoms with E-state index in [1.54, 1.807) is 6.92 Å². The molecule has 1 atom stereocenters. The zero-order valence-corrected chi connectivity index (χ0v) is 19.8. The van der Waals surface area contributed by atoms with Crippen LogP contribution in [0.25, 0.3) is 5.73 Å². The molecule has 0 aromatic rings. The largest absolute Gasteiger partial charge is 4.00 e. The minimum absolute atomic E-state index is 0. The number of carbonyl (C=O) groups is 1. The molecule has 0 saturated heterocycles. The first-order valence-electron chi connectivity index (χ1n) is 6.07. The van der Waals surface area contributed by atoms with Gasteiger partial charge in [-0.1, -0.05) is 46.7 Å². The van der Waals surface area contributed by atoms with Crippen molar-refractivity contribution < 1.29 is 55.5 Å². The molecule has 115 valence electrons. The molecule has 0 saturated carbocycles. The number of carbonyl (C=O) groups excluding carboxylic acids is 1. The van der Waals surface area contributed by atoms with E-state index in [2.05, 4.69) is 46.9 Å². The van der Waals surface area contributed by atoms with Crippen molar-refractivity contribution in [2.75, 3.05) is 0 Å². The fourth-order valence-corrected chi connectivity index (χ4v) is 1.16. The average Bonchev–Trinajstić information content (AvgIpc) is 2.48. The molecule has 1 rings (SSSR count). The SMILES string of the molecule is CC1=[C-]C(C)C(C)=C1C.CCC([NH-])=O.C[SiH]C.[Cl-].[Cl-].[Hf+4]. The smallest absolute Gasteiger partial charge is 1.00 e. The second-order valence-corrected chi connectivity index (χ2v) is 5.31. The van der Waals surface area contributed by atoms with Gasteiger partial charge in [0.2, 0.25) is 0 Å². The molecule has 0 spiro atoms. The number of nitrogens with one attached hydrogen (secondary N) is 1. The molecule has 0 aromatic carbocycles. The van der Waals surface area contributed by atoms with Gasteiger partial charge in [0.1, 0.15) is 0 Å². The van der Waals surface area contributed by atoms with Crippen molar-refractivity contribution in [3.63, 3.8) is 0 Å². The molecule has 1 unspecified atom stereocenters. The number of hydrogen-bond acceptors (Lipinski definition) is 1. The Hall–Kier alpha value is 0.617. The predicted molar refractivity (Wildman–Crippen MR) is 78.5 cm³/mol. The summed E-state index contributed by atoms with van der Waals surface area (Å²) in [5.41, 5.74) is 10.4. The molecule has 1 amide bonds. The van der Waals surface area contributed by atoms with Crippen molar-refractivity contribution >= 4 is 15.4 Å². The molecule has 1 aliphatic rings. The minimum Gasteiger partial charge on any atom is -1.00 e. The first-order valence-corrected chi connectivity index (χ1v) is 8.38. The van der Waals surface area contributed by atoms with Crippen LogP contribution in [-0.2, 0) is 30.6 Å². The van der Waals surface area contributed by atoms with Crippen molar-refractivity contribution in [3.8, 4) is 0 Å². The molecule has 1 aliphatic carbocycles. The summed E-state index contributed by atoms with van der Waals surface area (Å²) >= 11 is 0. The average molecular weight is 502 g/mol. The molecule has 1 radical (unpaired) electrons. The van der Waals surface area contributed by atoms with Crippen molar-refractivity contribution in [1.29, 1.82) is 0 Å². The van der Waals surface area contributed by atoms with E-state index in [0.717, 1.165) is 9.52 Å². The zero-order valence-electron chi connectivity index (χ0n) is 13.5. The van der Waals surface area contributed by atoms with Crippen LogP contribution in [0.15, 0.2) is 16.7 Å². The quantitative estimate of drug-likeness (QED) is 0.310. The van der Waals surface area contributed by atoms with Gasteiger partial charge in [0.25, 0.3) is 0 Å². The van der Waals surface area contributed by atoms with Crippen LogP contribution in [0.5, 0.6) is 0 Å². The van der Waals surface area contributed by atoms with Crippen LogP contribution < -0.4 is 24.8 Å². The Kier molecular flexibility index (Phi) is 31.9. The fraction of sp³-hybridized carbons (Fsp3) is 0.643. The first-order chi connectivity index (χ1) is 7.81. The van der Waals surface area contributed by atoms with Gasteiger partial charge in [-0.05, 0) is 6.42 Å². The van der Waals surface area contributed by atoms with E-state index in [4.69, 9.17) is 5.73 Å². The second kappa shape index (κ2) is 19.6. The third-order valence-corrected chi connectivity index (χ3v) is 2.56. The van der Waals surface area contributed by atoms with Gasteiger partial charge in [-0.2, -0.15) is 11.1 Å². The van der Waals surface area contributed by atoms with Crippen molar-refractivity contribution in [2.24, 2.45) is 5.92 Å². The fourth-order valence-electron chi connectivity index (χ4n) is 1.16. The van der Waals surface area contributed by atoms with E-state index >= 15 is 0 Å². The molecular formula is C14H26Cl2HfNOSi. The summed E-state index contributed by atoms with van der Waals surface area (Å²) < 4.78 is 0. The molecule has 0 aromatic heterocycles. The molecule has 0 bridgehead atoms. The van der Waals surface area contributed by atoms with E-state index in [0.29, 0.717) is 12.3 Å². The van der Waals surface area contributed by atoms with Gasteiger partial charge in [-0.15, -0.1) is 6.92 Å². The summed E-state index contributed by atoms with van der Waals surface area (Å²) in [5, 5.41) is 0. The Morgan fingerprint density at radius 3 is 1.60 bits per heavy atom. The Morgan fingerprint density at radius 1 is 1.25 bits per heavy atom. The summed E-state index contributed by atoms with van der Waals surface area (Å²) in [6.07, 6.45) is 3.69. The molecule has 0 fully saturated rings. The maximum Gasteiger partial charge on any atom is 4.00 e. The van der Waals surface area contributed by atoms with E-state index in [1.165, 1.54) is 16.7 Å². The standard InChI is InChI=1S/C9H13.C3H7NO.C2H7Si.2ClH.Hf/c1-6-5-7(2)9(4)8(6)3;1-2-3(4)5;1-3-2;;;/h6H,1-4H3;2H2,1H3,(H2,4,5);3H,1-2H3;2*1H;/q-1;;;;;+4/p-3. The minimum atomic E-state index is -0.495. The Balaban J connectivity index is -0.0000000601. The number of hydrogen-bond donors (Lipinski definition) is 0. The van der Waals surface area contributed by atoms with Crippen molar-refractivity contribution in [3.05, 3.63) is 28.5 Å².